The highest BCUT2D eigenvalue weighted by molar-refractivity contribution is 5.86. The summed E-state index contributed by atoms with van der Waals surface area (Å²) in [5, 5.41) is 0. The molecule has 3 unspecified atom stereocenters. The fourth-order valence-corrected chi connectivity index (χ4v) is 3.55. The number of hydrogen-bond acceptors (Lipinski definition) is 4. The van der Waals surface area contributed by atoms with Crippen LogP contribution < -0.4 is 0 Å². The van der Waals surface area contributed by atoms with Gasteiger partial charge in [0.2, 0.25) is 0 Å². The molecule has 3 aliphatic rings. The van der Waals surface area contributed by atoms with E-state index in [1.165, 1.54) is 0 Å². The number of amides is 1. The summed E-state index contributed by atoms with van der Waals surface area (Å²) in [4.78, 5) is 26.3. The van der Waals surface area contributed by atoms with E-state index < -0.39 is 6.10 Å². The van der Waals surface area contributed by atoms with Crippen molar-refractivity contribution < 1.29 is 19.1 Å². The number of carbonyl (C=O) groups excluding carboxylic acids is 2. The monoisotopic (exact) mass is 267 g/mol. The van der Waals surface area contributed by atoms with E-state index in [1.807, 2.05) is 4.90 Å². The van der Waals surface area contributed by atoms with Gasteiger partial charge in [-0.25, -0.2) is 0 Å². The van der Waals surface area contributed by atoms with Crippen LogP contribution in [0.15, 0.2) is 0 Å². The van der Waals surface area contributed by atoms with E-state index in [-0.39, 0.29) is 17.9 Å². The molecule has 106 valence electrons. The topological polar surface area (TPSA) is 55.8 Å². The molecule has 2 heterocycles. The van der Waals surface area contributed by atoms with Gasteiger partial charge in [-0.1, -0.05) is 0 Å². The van der Waals surface area contributed by atoms with Crippen LogP contribution in [0.25, 0.3) is 0 Å². The smallest absolute Gasteiger partial charge is 0.254 e. The molecule has 5 heteroatoms. The van der Waals surface area contributed by atoms with Gasteiger partial charge in [0, 0.05) is 24.9 Å². The predicted octanol–water partition coefficient (Wildman–Crippen LogP) is 0.762. The lowest BCUT2D eigenvalue weighted by molar-refractivity contribution is -0.159. The standard InChI is InChI=1S/C14H21NO4/c16-12-5-1-3-10(12)11-4-2-6-15(11)14(17)13-9-18-7-8-19-13/h10-11,13H,1-9H2. The molecule has 1 amide bonds. The van der Waals surface area contributed by atoms with Crippen LogP contribution >= 0.6 is 0 Å². The summed E-state index contributed by atoms with van der Waals surface area (Å²) in [6, 6.07) is 0.105. The first-order chi connectivity index (χ1) is 9.27. The number of likely N-dealkylation sites (tertiary alicyclic amines) is 1. The lowest BCUT2D eigenvalue weighted by Gasteiger charge is -2.32. The number of hydrogen-bond donors (Lipinski definition) is 0. The summed E-state index contributed by atoms with van der Waals surface area (Å²) in [6.45, 7) is 2.15. The third kappa shape index (κ3) is 2.54. The van der Waals surface area contributed by atoms with Crippen LogP contribution in [0.3, 0.4) is 0 Å². The van der Waals surface area contributed by atoms with Gasteiger partial charge in [-0.3, -0.25) is 9.59 Å². The summed E-state index contributed by atoms with van der Waals surface area (Å²) in [5.74, 6) is 0.420. The molecule has 1 aliphatic carbocycles. The zero-order valence-corrected chi connectivity index (χ0v) is 11.2. The average Bonchev–Trinajstić information content (AvgIpc) is 3.07. The molecule has 0 aromatic rings. The van der Waals surface area contributed by atoms with Gasteiger partial charge < -0.3 is 14.4 Å². The number of ketones is 1. The maximum atomic E-state index is 12.5. The van der Waals surface area contributed by atoms with Gasteiger partial charge in [0.1, 0.15) is 5.78 Å². The first kappa shape index (κ1) is 13.1. The zero-order chi connectivity index (χ0) is 13.2. The average molecular weight is 267 g/mol. The van der Waals surface area contributed by atoms with E-state index in [9.17, 15) is 9.59 Å². The van der Waals surface area contributed by atoms with Crippen molar-refractivity contribution in [2.24, 2.45) is 5.92 Å². The molecule has 0 aromatic heterocycles. The Hall–Kier alpha value is -0.940. The lowest BCUT2D eigenvalue weighted by Crippen LogP contribution is -2.49. The minimum atomic E-state index is -0.467. The molecule has 3 rings (SSSR count). The van der Waals surface area contributed by atoms with Crippen LogP contribution in [0.1, 0.15) is 32.1 Å². The Bertz CT molecular complexity index is 364. The van der Waals surface area contributed by atoms with Gasteiger partial charge in [0.25, 0.3) is 5.91 Å². The number of Topliss-reactive ketones (excluding diaryl/α,β-unsaturated/α-hetero) is 1. The third-order valence-electron chi connectivity index (χ3n) is 4.49. The van der Waals surface area contributed by atoms with E-state index in [0.717, 1.165) is 32.2 Å². The molecule has 0 N–H and O–H groups in total. The van der Waals surface area contributed by atoms with Crippen molar-refractivity contribution in [1.82, 2.24) is 4.90 Å². The fraction of sp³-hybridized carbons (Fsp3) is 0.857. The number of ether oxygens (including phenoxy) is 2. The van der Waals surface area contributed by atoms with Gasteiger partial charge >= 0.3 is 0 Å². The molecule has 5 nitrogen and oxygen atoms in total. The summed E-state index contributed by atoms with van der Waals surface area (Å²) in [6.07, 6.45) is 4.08. The van der Waals surface area contributed by atoms with Gasteiger partial charge in [0.15, 0.2) is 6.10 Å². The van der Waals surface area contributed by atoms with Crippen LogP contribution in [0.5, 0.6) is 0 Å². The van der Waals surface area contributed by atoms with E-state index >= 15 is 0 Å². The molecular weight excluding hydrogens is 246 g/mol. The molecule has 3 fully saturated rings. The van der Waals surface area contributed by atoms with Gasteiger partial charge in [-0.05, 0) is 25.7 Å². The SMILES string of the molecule is O=C1CCCC1C1CCCN1C(=O)C1COCCO1. The number of carbonyl (C=O) groups is 2. The second-order valence-electron chi connectivity index (χ2n) is 5.64. The highest BCUT2D eigenvalue weighted by atomic mass is 16.6. The van der Waals surface area contributed by atoms with Crippen LogP contribution in [-0.4, -0.2) is 55.1 Å². The largest absolute Gasteiger partial charge is 0.376 e. The Balaban J connectivity index is 1.68. The van der Waals surface area contributed by atoms with E-state index in [1.54, 1.807) is 0 Å². The molecule has 19 heavy (non-hydrogen) atoms. The van der Waals surface area contributed by atoms with E-state index in [2.05, 4.69) is 0 Å². The van der Waals surface area contributed by atoms with Crippen LogP contribution in [0.4, 0.5) is 0 Å². The van der Waals surface area contributed by atoms with Crippen LogP contribution in [-0.2, 0) is 19.1 Å². The highest BCUT2D eigenvalue weighted by Crippen LogP contribution is 2.33. The fourth-order valence-electron chi connectivity index (χ4n) is 3.55. The molecule has 0 spiro atoms. The molecule has 0 bridgehead atoms. The Kier molecular flexibility index (Phi) is 3.84. The van der Waals surface area contributed by atoms with E-state index in [4.69, 9.17) is 9.47 Å². The zero-order valence-electron chi connectivity index (χ0n) is 11.2. The minimum absolute atomic E-state index is 0.0156. The molecule has 1 saturated carbocycles. The van der Waals surface area contributed by atoms with Crippen molar-refractivity contribution in [2.75, 3.05) is 26.4 Å². The molecule has 0 radical (unpaired) electrons. The maximum absolute atomic E-state index is 12.5. The normalized spacial score (nSPS) is 35.9. The number of nitrogens with zero attached hydrogens (tertiary/aromatic N) is 1. The second-order valence-corrected chi connectivity index (χ2v) is 5.64. The van der Waals surface area contributed by atoms with Crippen LogP contribution in [0.2, 0.25) is 0 Å². The summed E-state index contributed by atoms with van der Waals surface area (Å²) in [5.41, 5.74) is 0. The Morgan fingerprint density at radius 2 is 2.11 bits per heavy atom. The molecule has 2 saturated heterocycles. The second kappa shape index (κ2) is 5.59. The van der Waals surface area contributed by atoms with E-state index in [0.29, 0.717) is 32.0 Å². The summed E-state index contributed by atoms with van der Waals surface area (Å²) in [7, 11) is 0. The van der Waals surface area contributed by atoms with Crippen molar-refractivity contribution in [1.29, 1.82) is 0 Å². The minimum Gasteiger partial charge on any atom is -0.376 e. The van der Waals surface area contributed by atoms with Crippen molar-refractivity contribution in [2.45, 2.75) is 44.2 Å². The first-order valence-corrected chi connectivity index (χ1v) is 7.30. The van der Waals surface area contributed by atoms with Crippen molar-refractivity contribution in [3.63, 3.8) is 0 Å². The van der Waals surface area contributed by atoms with Gasteiger partial charge in [-0.2, -0.15) is 0 Å². The predicted molar refractivity (Wildman–Crippen MR) is 67.6 cm³/mol. The van der Waals surface area contributed by atoms with Crippen molar-refractivity contribution in [3.05, 3.63) is 0 Å². The Morgan fingerprint density at radius 3 is 2.79 bits per heavy atom. The van der Waals surface area contributed by atoms with Gasteiger partial charge in [-0.15, -0.1) is 0 Å². The maximum Gasteiger partial charge on any atom is 0.254 e. The number of rotatable bonds is 2. The molecule has 2 aliphatic heterocycles. The Labute approximate surface area is 113 Å². The van der Waals surface area contributed by atoms with Crippen molar-refractivity contribution >= 4 is 11.7 Å². The first-order valence-electron chi connectivity index (χ1n) is 7.30. The quantitative estimate of drug-likeness (QED) is 0.741. The lowest BCUT2D eigenvalue weighted by atomic mass is 9.95. The molecule has 0 aromatic carbocycles. The summed E-state index contributed by atoms with van der Waals surface area (Å²) < 4.78 is 10.8. The highest BCUT2D eigenvalue weighted by Gasteiger charge is 2.42. The van der Waals surface area contributed by atoms with Crippen molar-refractivity contribution in [3.8, 4) is 0 Å². The molecular formula is C14H21NO4. The summed E-state index contributed by atoms with van der Waals surface area (Å²) >= 11 is 0. The van der Waals surface area contributed by atoms with Gasteiger partial charge in [0.05, 0.1) is 19.8 Å². The Morgan fingerprint density at radius 1 is 1.21 bits per heavy atom. The molecule has 3 atom stereocenters. The van der Waals surface area contributed by atoms with Crippen LogP contribution in [0, 0.1) is 5.92 Å². The third-order valence-corrected chi connectivity index (χ3v) is 4.49.